The van der Waals surface area contributed by atoms with Gasteiger partial charge in [-0.1, -0.05) is 0 Å². The van der Waals surface area contributed by atoms with Crippen LogP contribution in [0, 0.1) is 0 Å². The van der Waals surface area contributed by atoms with E-state index < -0.39 is 6.04 Å². The van der Waals surface area contributed by atoms with E-state index in [9.17, 15) is 9.59 Å². The maximum Gasteiger partial charge on any atom is 0.252 e. The minimum absolute atomic E-state index is 0.0194. The highest BCUT2D eigenvalue weighted by Gasteiger charge is 2.31. The lowest BCUT2D eigenvalue weighted by molar-refractivity contribution is -0.117. The van der Waals surface area contributed by atoms with Crippen LogP contribution in [0.15, 0.2) is 24.5 Å². The molecule has 2 N–H and O–H groups in total. The van der Waals surface area contributed by atoms with Gasteiger partial charge in [0.15, 0.2) is 0 Å². The van der Waals surface area contributed by atoms with Gasteiger partial charge in [0.1, 0.15) is 23.9 Å². The van der Waals surface area contributed by atoms with Crippen LogP contribution < -0.4 is 20.1 Å². The smallest absolute Gasteiger partial charge is 0.252 e. The highest BCUT2D eigenvalue weighted by molar-refractivity contribution is 6.01. The number of carbonyl (C=O) groups is 2. The first kappa shape index (κ1) is 14.8. The first-order chi connectivity index (χ1) is 11.1. The second-order valence-electron chi connectivity index (χ2n) is 4.85. The molecule has 0 radical (unpaired) electrons. The molecule has 1 atom stereocenters. The Bertz CT molecular complexity index is 757. The number of rotatable bonds is 4. The number of methoxy groups -OCH3 is 2. The lowest BCUT2D eigenvalue weighted by atomic mass is 10.1. The Labute approximate surface area is 131 Å². The summed E-state index contributed by atoms with van der Waals surface area (Å²) in [6.07, 6.45) is 1.24. The number of aromatic nitrogens is 3. The maximum atomic E-state index is 12.4. The Hall–Kier alpha value is -3.10. The average Bonchev–Trinajstić information content (AvgIpc) is 3.03. The Morgan fingerprint density at radius 2 is 2.22 bits per heavy atom. The van der Waals surface area contributed by atoms with Gasteiger partial charge in [-0.25, -0.2) is 0 Å². The Morgan fingerprint density at radius 3 is 2.96 bits per heavy atom. The third-order valence-corrected chi connectivity index (χ3v) is 3.45. The van der Waals surface area contributed by atoms with Gasteiger partial charge in [-0.3, -0.25) is 9.59 Å². The number of ether oxygens (including phenoxy) is 2. The number of amides is 1. The number of benzene rings is 1. The molecule has 0 bridgehead atoms. The summed E-state index contributed by atoms with van der Waals surface area (Å²) in [5, 5.41) is 9.40. The molecule has 2 aromatic rings. The fraction of sp³-hybridized carbons (Fsp3) is 0.286. The fourth-order valence-corrected chi connectivity index (χ4v) is 2.28. The summed E-state index contributed by atoms with van der Waals surface area (Å²) in [6, 6.07) is 4.31. The molecule has 0 unspecified atom stereocenters. The highest BCUT2D eigenvalue weighted by atomic mass is 16.5. The molecule has 0 saturated heterocycles. The fourth-order valence-electron chi connectivity index (χ4n) is 2.28. The molecular weight excluding hydrogens is 302 g/mol. The van der Waals surface area contributed by atoms with Gasteiger partial charge in [0, 0.05) is 6.07 Å². The molecule has 1 aromatic heterocycles. The number of nitrogens with one attached hydrogen (secondary N) is 2. The predicted molar refractivity (Wildman–Crippen MR) is 80.9 cm³/mol. The van der Waals surface area contributed by atoms with Gasteiger partial charge in [-0.05, 0) is 12.1 Å². The normalized spacial score (nSPS) is 16.3. The monoisotopic (exact) mass is 317 g/mol. The van der Waals surface area contributed by atoms with E-state index in [1.165, 1.54) is 20.5 Å². The van der Waals surface area contributed by atoms with Gasteiger partial charge in [0.2, 0.25) is 11.9 Å². The summed E-state index contributed by atoms with van der Waals surface area (Å²) in [4.78, 5) is 28.3. The zero-order valence-electron chi connectivity index (χ0n) is 12.6. The van der Waals surface area contributed by atoms with E-state index in [4.69, 9.17) is 9.47 Å². The summed E-state index contributed by atoms with van der Waals surface area (Å²) in [7, 11) is 3.03. The van der Waals surface area contributed by atoms with Crippen molar-refractivity contribution >= 4 is 23.5 Å². The molecule has 0 spiro atoms. The van der Waals surface area contributed by atoms with Crippen molar-refractivity contribution < 1.29 is 19.1 Å². The molecule has 0 aliphatic carbocycles. The van der Waals surface area contributed by atoms with Gasteiger partial charge < -0.3 is 20.1 Å². The molecule has 2 heterocycles. The zero-order chi connectivity index (χ0) is 16.4. The van der Waals surface area contributed by atoms with Crippen molar-refractivity contribution in [2.24, 2.45) is 0 Å². The molecule has 0 saturated carbocycles. The van der Waals surface area contributed by atoms with E-state index in [1.807, 2.05) is 0 Å². The van der Waals surface area contributed by atoms with E-state index >= 15 is 0 Å². The molecule has 23 heavy (non-hydrogen) atoms. The van der Waals surface area contributed by atoms with E-state index in [0.717, 1.165) is 4.68 Å². The van der Waals surface area contributed by atoms with E-state index in [-0.39, 0.29) is 24.2 Å². The van der Waals surface area contributed by atoms with Crippen molar-refractivity contribution in [2.45, 2.75) is 12.5 Å². The van der Waals surface area contributed by atoms with Crippen LogP contribution in [-0.2, 0) is 4.79 Å². The number of hydrogen-bond acceptors (Lipinski definition) is 7. The van der Waals surface area contributed by atoms with Gasteiger partial charge in [-0.2, -0.15) is 14.8 Å². The van der Waals surface area contributed by atoms with Crippen LogP contribution in [-0.4, -0.2) is 46.8 Å². The Kier molecular flexibility index (Phi) is 3.83. The Balaban J connectivity index is 1.79. The average molecular weight is 317 g/mol. The number of nitrogens with zero attached hydrogens (tertiary/aromatic N) is 3. The molecule has 1 aromatic carbocycles. The van der Waals surface area contributed by atoms with Crippen molar-refractivity contribution in [3.05, 3.63) is 24.5 Å². The minimum atomic E-state index is -0.741. The van der Waals surface area contributed by atoms with Crippen molar-refractivity contribution in [1.82, 2.24) is 14.8 Å². The number of anilines is 2. The van der Waals surface area contributed by atoms with Gasteiger partial charge in [-0.15, -0.1) is 0 Å². The van der Waals surface area contributed by atoms with E-state index in [1.54, 1.807) is 18.2 Å². The van der Waals surface area contributed by atoms with Gasteiger partial charge in [0.25, 0.3) is 5.91 Å². The largest absolute Gasteiger partial charge is 0.497 e. The van der Waals surface area contributed by atoms with Gasteiger partial charge >= 0.3 is 0 Å². The number of fused-ring (bicyclic) bond motifs is 1. The molecule has 9 heteroatoms. The lowest BCUT2D eigenvalue weighted by Crippen LogP contribution is -2.42. The van der Waals surface area contributed by atoms with E-state index in [2.05, 4.69) is 20.7 Å². The van der Waals surface area contributed by atoms with Crippen LogP contribution in [0.1, 0.15) is 11.2 Å². The van der Waals surface area contributed by atoms with Crippen LogP contribution in [0.2, 0.25) is 0 Å². The predicted octanol–water partition coefficient (Wildman–Crippen LogP) is 0.758. The van der Waals surface area contributed by atoms with Crippen molar-refractivity contribution in [3.8, 4) is 11.5 Å². The Morgan fingerprint density at radius 1 is 1.39 bits per heavy atom. The molecule has 0 fully saturated rings. The summed E-state index contributed by atoms with van der Waals surface area (Å²) < 4.78 is 11.5. The van der Waals surface area contributed by atoms with Crippen molar-refractivity contribution in [2.75, 3.05) is 24.9 Å². The summed E-state index contributed by atoms with van der Waals surface area (Å²) >= 11 is 0. The summed E-state index contributed by atoms with van der Waals surface area (Å²) in [5.41, 5.74) is 0.457. The molecule has 1 amide bonds. The zero-order valence-corrected chi connectivity index (χ0v) is 12.6. The summed E-state index contributed by atoms with van der Waals surface area (Å²) in [6.45, 7) is 0. The van der Waals surface area contributed by atoms with E-state index in [0.29, 0.717) is 17.2 Å². The number of hydrogen-bond donors (Lipinski definition) is 2. The van der Waals surface area contributed by atoms with Crippen LogP contribution >= 0.6 is 0 Å². The van der Waals surface area contributed by atoms with Crippen LogP contribution in [0.5, 0.6) is 11.5 Å². The number of carbonyl (C=O) groups excluding carboxylic acids is 2. The standard InChI is InChI=1S/C14H15N5O4/c1-22-8-3-4-11(23-2)9(5-8)17-13(21)10-6-12(20)19-14(18-10)15-7-16-19/h3-5,7,10H,6H2,1-2H3,(H,17,21)(H,15,16,18)/t10-/m0/s1. The molecule has 3 rings (SSSR count). The molecule has 120 valence electrons. The van der Waals surface area contributed by atoms with Crippen LogP contribution in [0.25, 0.3) is 0 Å². The summed E-state index contributed by atoms with van der Waals surface area (Å²) in [5.74, 6) is 0.644. The molecule has 1 aliphatic heterocycles. The first-order valence-electron chi connectivity index (χ1n) is 6.85. The quantitative estimate of drug-likeness (QED) is 0.857. The van der Waals surface area contributed by atoms with Crippen LogP contribution in [0.3, 0.4) is 0 Å². The molecule has 1 aliphatic rings. The van der Waals surface area contributed by atoms with Crippen LogP contribution in [0.4, 0.5) is 11.6 Å². The topological polar surface area (TPSA) is 107 Å². The third-order valence-electron chi connectivity index (χ3n) is 3.45. The maximum absolute atomic E-state index is 12.4. The molecule has 9 nitrogen and oxygen atoms in total. The minimum Gasteiger partial charge on any atom is -0.497 e. The lowest BCUT2D eigenvalue weighted by Gasteiger charge is -2.23. The van der Waals surface area contributed by atoms with Crippen molar-refractivity contribution in [1.29, 1.82) is 0 Å². The second kappa shape index (κ2) is 5.95. The highest BCUT2D eigenvalue weighted by Crippen LogP contribution is 2.29. The first-order valence-corrected chi connectivity index (χ1v) is 6.85. The van der Waals surface area contributed by atoms with Gasteiger partial charge in [0.05, 0.1) is 26.3 Å². The van der Waals surface area contributed by atoms with Crippen molar-refractivity contribution in [3.63, 3.8) is 0 Å². The SMILES string of the molecule is COc1ccc(OC)c(NC(=O)[C@@H]2CC(=O)n3ncnc3N2)c1. The second-order valence-corrected chi connectivity index (χ2v) is 4.85. The third kappa shape index (κ3) is 2.80. The molecular formula is C14H15N5O4.